The quantitative estimate of drug-likeness (QED) is 0.511. The second kappa shape index (κ2) is 6.01. The molecule has 4 rings (SSSR count). The molecule has 2 aromatic heterocycles. The van der Waals surface area contributed by atoms with Crippen molar-refractivity contribution in [2.24, 2.45) is 0 Å². The van der Waals surface area contributed by atoms with Crippen LogP contribution in [0.5, 0.6) is 0 Å². The minimum Gasteiger partial charge on any atom is -0.140 e. The first-order chi connectivity index (χ1) is 11.4. The number of fused-ring (bicyclic) bond motifs is 1. The summed E-state index contributed by atoms with van der Waals surface area (Å²) in [4.78, 5) is 0. The van der Waals surface area contributed by atoms with Gasteiger partial charge in [0, 0.05) is 24.3 Å². The van der Waals surface area contributed by atoms with Crippen LogP contribution in [-0.4, -0.2) is 0 Å². The van der Waals surface area contributed by atoms with Gasteiger partial charge in [0.25, 0.3) is 0 Å². The first-order valence-corrected chi connectivity index (χ1v) is 7.83. The topological polar surface area (TPSA) is 7.76 Å². The van der Waals surface area contributed by atoms with E-state index >= 15 is 0 Å². The fourth-order valence-corrected chi connectivity index (χ4v) is 3.10. The zero-order chi connectivity index (χ0) is 15.5. The van der Waals surface area contributed by atoms with Crippen LogP contribution in [0.3, 0.4) is 0 Å². The molecule has 2 heterocycles. The highest BCUT2D eigenvalue weighted by Gasteiger charge is 2.30. The molecule has 2 heteroatoms. The normalized spacial score (nSPS) is 11.0. The summed E-state index contributed by atoms with van der Waals surface area (Å²) in [6.07, 6.45) is 8.56. The number of aromatic nitrogens is 2. The maximum Gasteiger partial charge on any atom is 0.379 e. The molecule has 0 spiro atoms. The Morgan fingerprint density at radius 1 is 0.522 bits per heavy atom. The lowest BCUT2D eigenvalue weighted by molar-refractivity contribution is -0.934. The van der Waals surface area contributed by atoms with Crippen molar-refractivity contribution in [2.45, 2.75) is 6.17 Å². The smallest absolute Gasteiger partial charge is 0.140 e. The fraction of sp³-hybridized carbons (Fsp3) is 0.0476. The van der Waals surface area contributed by atoms with E-state index < -0.39 is 0 Å². The van der Waals surface area contributed by atoms with Gasteiger partial charge in [-0.05, 0) is 16.8 Å². The van der Waals surface area contributed by atoms with E-state index in [9.17, 15) is 0 Å². The van der Waals surface area contributed by atoms with Crippen molar-refractivity contribution < 1.29 is 9.13 Å². The third-order valence-electron chi connectivity index (χ3n) is 4.14. The maximum atomic E-state index is 2.24. The molecule has 0 atom stereocenters. The third-order valence-corrected chi connectivity index (χ3v) is 4.14. The number of pyridine rings is 2. The highest BCUT2D eigenvalue weighted by Crippen LogP contribution is 2.22. The number of benzene rings is 2. The molecule has 0 N–H and O–H groups in total. The van der Waals surface area contributed by atoms with Crippen LogP contribution in [-0.2, 0) is 0 Å². The molecule has 0 aliphatic carbocycles. The Morgan fingerprint density at radius 2 is 1.09 bits per heavy atom. The zero-order valence-electron chi connectivity index (χ0n) is 12.8. The van der Waals surface area contributed by atoms with Gasteiger partial charge in [0.2, 0.25) is 0 Å². The molecular formula is C21H18N2+2. The van der Waals surface area contributed by atoms with Crippen LogP contribution in [0.25, 0.3) is 10.8 Å². The van der Waals surface area contributed by atoms with E-state index in [0.29, 0.717) is 0 Å². The van der Waals surface area contributed by atoms with E-state index in [4.69, 9.17) is 0 Å². The van der Waals surface area contributed by atoms with E-state index in [1.807, 2.05) is 12.1 Å². The molecule has 0 aliphatic heterocycles. The number of rotatable bonds is 3. The first kappa shape index (κ1) is 13.6. The van der Waals surface area contributed by atoms with Gasteiger partial charge in [-0.3, -0.25) is 0 Å². The second-order valence-electron chi connectivity index (χ2n) is 5.59. The Labute approximate surface area is 135 Å². The predicted molar refractivity (Wildman–Crippen MR) is 90.8 cm³/mol. The number of hydrogen-bond acceptors (Lipinski definition) is 0. The van der Waals surface area contributed by atoms with Gasteiger partial charge in [-0.25, -0.2) is 0 Å². The molecule has 0 radical (unpaired) electrons. The van der Waals surface area contributed by atoms with Crippen LogP contribution in [0, 0.1) is 0 Å². The lowest BCUT2D eigenvalue weighted by Crippen LogP contribution is -2.57. The molecular weight excluding hydrogens is 280 g/mol. The minimum atomic E-state index is 0.0866. The summed E-state index contributed by atoms with van der Waals surface area (Å²) in [5.41, 5.74) is 1.29. The standard InChI is InChI=1S/C21H18N2/c1-5-14-22(15-6-1)21(23-16-7-2-8-17-23)20-13-9-11-18-10-3-4-12-19(18)20/h1-17,21H/q+2. The van der Waals surface area contributed by atoms with Gasteiger partial charge in [-0.2, -0.15) is 0 Å². The molecule has 0 unspecified atom stereocenters. The van der Waals surface area contributed by atoms with E-state index in [-0.39, 0.29) is 6.17 Å². The van der Waals surface area contributed by atoms with Gasteiger partial charge in [0.15, 0.2) is 24.8 Å². The second-order valence-corrected chi connectivity index (χ2v) is 5.59. The van der Waals surface area contributed by atoms with E-state index in [1.165, 1.54) is 16.3 Å². The SMILES string of the molecule is c1cc[n+](C(c2cccc3ccccc23)[n+]2ccccc2)cc1. The summed E-state index contributed by atoms with van der Waals surface area (Å²) in [5.74, 6) is 0. The predicted octanol–water partition coefficient (Wildman–Crippen LogP) is 3.51. The third kappa shape index (κ3) is 2.59. The van der Waals surface area contributed by atoms with Gasteiger partial charge in [0.1, 0.15) is 0 Å². The molecule has 4 aromatic rings. The number of hydrogen-bond donors (Lipinski definition) is 0. The lowest BCUT2D eigenvalue weighted by Gasteiger charge is -2.11. The van der Waals surface area contributed by atoms with Crippen LogP contribution in [0.4, 0.5) is 0 Å². The zero-order valence-corrected chi connectivity index (χ0v) is 12.8. The van der Waals surface area contributed by atoms with Crippen molar-refractivity contribution in [2.75, 3.05) is 0 Å². The molecule has 2 nitrogen and oxygen atoms in total. The summed E-state index contributed by atoms with van der Waals surface area (Å²) in [6.45, 7) is 0. The molecule has 110 valence electrons. The molecule has 2 aromatic carbocycles. The van der Waals surface area contributed by atoms with Crippen LogP contribution in [0.15, 0.2) is 104 Å². The maximum absolute atomic E-state index is 2.24. The van der Waals surface area contributed by atoms with Gasteiger partial charge < -0.3 is 0 Å². The molecule has 0 bridgehead atoms. The van der Waals surface area contributed by atoms with Crippen molar-refractivity contribution in [3.8, 4) is 0 Å². The monoisotopic (exact) mass is 298 g/mol. The summed E-state index contributed by atoms with van der Waals surface area (Å²) < 4.78 is 4.48. The Balaban J connectivity index is 1.98. The summed E-state index contributed by atoms with van der Waals surface area (Å²) >= 11 is 0. The average Bonchev–Trinajstić information content (AvgIpc) is 2.64. The first-order valence-electron chi connectivity index (χ1n) is 7.83. The summed E-state index contributed by atoms with van der Waals surface area (Å²) in [6, 6.07) is 27.5. The van der Waals surface area contributed by atoms with Crippen LogP contribution < -0.4 is 9.13 Å². The summed E-state index contributed by atoms with van der Waals surface area (Å²) in [7, 11) is 0. The van der Waals surface area contributed by atoms with Crippen LogP contribution in [0.1, 0.15) is 11.7 Å². The van der Waals surface area contributed by atoms with Crippen LogP contribution >= 0.6 is 0 Å². The highest BCUT2D eigenvalue weighted by molar-refractivity contribution is 5.85. The van der Waals surface area contributed by atoms with Gasteiger partial charge in [-0.15, -0.1) is 9.13 Å². The van der Waals surface area contributed by atoms with Crippen molar-refractivity contribution in [3.05, 3.63) is 109 Å². The average molecular weight is 298 g/mol. The van der Waals surface area contributed by atoms with Gasteiger partial charge >= 0.3 is 6.17 Å². The fourth-order valence-electron chi connectivity index (χ4n) is 3.10. The molecule has 0 fully saturated rings. The Hall–Kier alpha value is -3.00. The Bertz CT molecular complexity index is 873. The van der Waals surface area contributed by atoms with Gasteiger partial charge in [0.05, 0.1) is 5.56 Å². The Kier molecular flexibility index (Phi) is 3.57. The Morgan fingerprint density at radius 3 is 1.74 bits per heavy atom. The van der Waals surface area contributed by atoms with Crippen molar-refractivity contribution in [1.82, 2.24) is 0 Å². The molecule has 0 aliphatic rings. The van der Waals surface area contributed by atoms with Crippen LogP contribution in [0.2, 0.25) is 0 Å². The van der Waals surface area contributed by atoms with Crippen molar-refractivity contribution in [1.29, 1.82) is 0 Å². The van der Waals surface area contributed by atoms with E-state index in [1.54, 1.807) is 0 Å². The molecule has 0 amide bonds. The highest BCUT2D eigenvalue weighted by atomic mass is 15.2. The largest absolute Gasteiger partial charge is 0.379 e. The molecule has 23 heavy (non-hydrogen) atoms. The summed E-state index contributed by atoms with van der Waals surface area (Å²) in [5, 5.41) is 2.55. The van der Waals surface area contributed by atoms with Crippen molar-refractivity contribution >= 4 is 10.8 Å². The van der Waals surface area contributed by atoms with Crippen molar-refractivity contribution in [3.63, 3.8) is 0 Å². The molecule has 0 saturated carbocycles. The molecule has 0 saturated heterocycles. The van der Waals surface area contributed by atoms with Gasteiger partial charge in [-0.1, -0.05) is 48.5 Å². The van der Waals surface area contributed by atoms with E-state index in [2.05, 4.69) is 101 Å². The lowest BCUT2D eigenvalue weighted by atomic mass is 10.0. The minimum absolute atomic E-state index is 0.0866. The number of nitrogens with zero attached hydrogens (tertiary/aromatic N) is 2. The van der Waals surface area contributed by atoms with E-state index in [0.717, 1.165) is 0 Å².